The maximum absolute atomic E-state index is 11.6. The summed E-state index contributed by atoms with van der Waals surface area (Å²) in [5, 5.41) is 2.29. The molecule has 3 amide bonds. The first kappa shape index (κ1) is 12.4. The highest BCUT2D eigenvalue weighted by Crippen LogP contribution is 2.21. The van der Waals surface area contributed by atoms with Gasteiger partial charge >= 0.3 is 6.03 Å². The highest BCUT2D eigenvalue weighted by atomic mass is 16.5. The average molecular weight is 248 g/mol. The van der Waals surface area contributed by atoms with Gasteiger partial charge in [-0.05, 0) is 38.1 Å². The summed E-state index contributed by atoms with van der Waals surface area (Å²) in [5.74, 6) is 0.540. The third-order valence-corrected chi connectivity index (χ3v) is 2.57. The van der Waals surface area contributed by atoms with Gasteiger partial charge in [0, 0.05) is 18.7 Å². The number of hydrogen-bond acceptors (Lipinski definition) is 3. The van der Waals surface area contributed by atoms with Gasteiger partial charge in [0.05, 0.1) is 6.10 Å². The normalized spacial score (nSPS) is 15.8. The molecule has 1 aromatic rings. The van der Waals surface area contributed by atoms with E-state index in [0.717, 1.165) is 11.4 Å². The van der Waals surface area contributed by atoms with Gasteiger partial charge in [-0.2, -0.15) is 0 Å². The van der Waals surface area contributed by atoms with Gasteiger partial charge in [0.1, 0.15) is 5.75 Å². The first-order valence-electron chi connectivity index (χ1n) is 5.94. The Balaban J connectivity index is 2.09. The first-order valence-corrected chi connectivity index (χ1v) is 5.94. The molecule has 0 bridgehead atoms. The highest BCUT2D eigenvalue weighted by molar-refractivity contribution is 6.05. The molecule has 1 fully saturated rings. The van der Waals surface area contributed by atoms with Crippen molar-refractivity contribution in [2.45, 2.75) is 26.4 Å². The molecule has 0 radical (unpaired) electrons. The zero-order chi connectivity index (χ0) is 13.1. The zero-order valence-electron chi connectivity index (χ0n) is 10.5. The molecule has 1 heterocycles. The summed E-state index contributed by atoms with van der Waals surface area (Å²) in [6, 6.07) is 6.89. The molecular formula is C13H16N2O3. The molecule has 18 heavy (non-hydrogen) atoms. The Bertz CT molecular complexity index is 454. The van der Waals surface area contributed by atoms with Crippen LogP contribution in [-0.2, 0) is 4.79 Å². The van der Waals surface area contributed by atoms with Crippen molar-refractivity contribution in [3.8, 4) is 5.75 Å². The Hall–Kier alpha value is -2.04. The van der Waals surface area contributed by atoms with Crippen LogP contribution in [0.15, 0.2) is 24.3 Å². The van der Waals surface area contributed by atoms with Crippen LogP contribution in [0.1, 0.15) is 20.3 Å². The molecule has 0 unspecified atom stereocenters. The van der Waals surface area contributed by atoms with E-state index in [9.17, 15) is 9.59 Å². The van der Waals surface area contributed by atoms with E-state index in [0.29, 0.717) is 13.0 Å². The van der Waals surface area contributed by atoms with Gasteiger partial charge < -0.3 is 4.74 Å². The molecule has 1 N–H and O–H groups in total. The van der Waals surface area contributed by atoms with E-state index in [4.69, 9.17) is 4.74 Å². The lowest BCUT2D eigenvalue weighted by molar-refractivity contribution is -0.120. The minimum absolute atomic E-state index is 0.117. The van der Waals surface area contributed by atoms with Gasteiger partial charge in [-0.1, -0.05) is 0 Å². The molecule has 1 aromatic carbocycles. The number of rotatable bonds is 3. The van der Waals surface area contributed by atoms with Crippen LogP contribution in [0.25, 0.3) is 0 Å². The van der Waals surface area contributed by atoms with Crippen LogP contribution < -0.4 is 15.0 Å². The number of hydrogen-bond donors (Lipinski definition) is 1. The Kier molecular flexibility index (Phi) is 3.50. The zero-order valence-corrected chi connectivity index (χ0v) is 10.5. The van der Waals surface area contributed by atoms with Crippen molar-refractivity contribution in [3.05, 3.63) is 24.3 Å². The smallest absolute Gasteiger partial charge is 0.328 e. The summed E-state index contributed by atoms with van der Waals surface area (Å²) in [7, 11) is 0. The number of benzene rings is 1. The molecule has 1 aliphatic heterocycles. The minimum Gasteiger partial charge on any atom is -0.491 e. The Labute approximate surface area is 106 Å². The largest absolute Gasteiger partial charge is 0.491 e. The predicted molar refractivity (Wildman–Crippen MR) is 67.7 cm³/mol. The maximum Gasteiger partial charge on any atom is 0.328 e. The highest BCUT2D eigenvalue weighted by Gasteiger charge is 2.23. The molecule has 0 aromatic heterocycles. The van der Waals surface area contributed by atoms with E-state index in [2.05, 4.69) is 5.32 Å². The molecular weight excluding hydrogens is 232 g/mol. The molecule has 0 atom stereocenters. The summed E-state index contributed by atoms with van der Waals surface area (Å²) in [6.07, 6.45) is 0.447. The van der Waals surface area contributed by atoms with Crippen molar-refractivity contribution in [1.29, 1.82) is 0 Å². The Morgan fingerprint density at radius 2 is 1.89 bits per heavy atom. The van der Waals surface area contributed by atoms with Crippen LogP contribution in [-0.4, -0.2) is 24.6 Å². The van der Waals surface area contributed by atoms with Crippen molar-refractivity contribution in [2.24, 2.45) is 0 Å². The summed E-state index contributed by atoms with van der Waals surface area (Å²) in [5.41, 5.74) is 0.760. The second-order valence-corrected chi connectivity index (χ2v) is 4.42. The van der Waals surface area contributed by atoms with Crippen molar-refractivity contribution >= 4 is 17.6 Å². The third-order valence-electron chi connectivity index (χ3n) is 2.57. The molecule has 96 valence electrons. The van der Waals surface area contributed by atoms with Crippen LogP contribution in [0.4, 0.5) is 10.5 Å². The van der Waals surface area contributed by atoms with Crippen molar-refractivity contribution in [1.82, 2.24) is 5.32 Å². The summed E-state index contributed by atoms with van der Waals surface area (Å²) < 4.78 is 5.53. The topological polar surface area (TPSA) is 58.6 Å². The SMILES string of the molecule is CC(C)Oc1ccc(N2CCC(=O)NC2=O)cc1. The van der Waals surface area contributed by atoms with Gasteiger partial charge in [0.15, 0.2) is 0 Å². The lowest BCUT2D eigenvalue weighted by atomic mass is 10.2. The summed E-state index contributed by atoms with van der Waals surface area (Å²) in [4.78, 5) is 24.2. The number of carbonyl (C=O) groups excluding carboxylic acids is 2. The van der Waals surface area contributed by atoms with Gasteiger partial charge in [0.25, 0.3) is 0 Å². The molecule has 0 spiro atoms. The molecule has 5 heteroatoms. The lowest BCUT2D eigenvalue weighted by Crippen LogP contribution is -2.49. The molecule has 1 saturated heterocycles. The van der Waals surface area contributed by atoms with Crippen LogP contribution in [0, 0.1) is 0 Å². The second-order valence-electron chi connectivity index (χ2n) is 4.42. The van der Waals surface area contributed by atoms with E-state index in [-0.39, 0.29) is 18.0 Å². The van der Waals surface area contributed by atoms with Crippen molar-refractivity contribution in [2.75, 3.05) is 11.4 Å². The van der Waals surface area contributed by atoms with Gasteiger partial charge in [0.2, 0.25) is 5.91 Å². The van der Waals surface area contributed by atoms with Crippen LogP contribution >= 0.6 is 0 Å². The first-order chi connectivity index (χ1) is 8.56. The maximum atomic E-state index is 11.6. The standard InChI is InChI=1S/C13H16N2O3/c1-9(2)18-11-5-3-10(4-6-11)15-8-7-12(16)14-13(15)17/h3-6,9H,7-8H2,1-2H3,(H,14,16,17). The number of imide groups is 1. The number of amides is 3. The third kappa shape index (κ3) is 2.80. The van der Waals surface area contributed by atoms with Gasteiger partial charge in [-0.15, -0.1) is 0 Å². The van der Waals surface area contributed by atoms with E-state index in [1.54, 1.807) is 4.90 Å². The predicted octanol–water partition coefficient (Wildman–Crippen LogP) is 1.92. The molecule has 0 saturated carbocycles. The number of carbonyl (C=O) groups is 2. The number of nitrogens with zero attached hydrogens (tertiary/aromatic N) is 1. The average Bonchev–Trinajstić information content (AvgIpc) is 2.30. The molecule has 0 aliphatic carbocycles. The lowest BCUT2D eigenvalue weighted by Gasteiger charge is -2.26. The van der Waals surface area contributed by atoms with E-state index in [1.807, 2.05) is 38.1 Å². The molecule has 2 rings (SSSR count). The number of nitrogens with one attached hydrogen (secondary N) is 1. The fraction of sp³-hybridized carbons (Fsp3) is 0.385. The fourth-order valence-corrected chi connectivity index (χ4v) is 1.79. The fourth-order valence-electron chi connectivity index (χ4n) is 1.79. The van der Waals surface area contributed by atoms with Crippen LogP contribution in [0.2, 0.25) is 0 Å². The van der Waals surface area contributed by atoms with Crippen molar-refractivity contribution in [3.63, 3.8) is 0 Å². The quantitative estimate of drug-likeness (QED) is 0.889. The Morgan fingerprint density at radius 1 is 1.22 bits per heavy atom. The van der Waals surface area contributed by atoms with Crippen LogP contribution in [0.5, 0.6) is 5.75 Å². The van der Waals surface area contributed by atoms with Gasteiger partial charge in [-0.25, -0.2) is 4.79 Å². The van der Waals surface area contributed by atoms with E-state index in [1.165, 1.54) is 0 Å². The minimum atomic E-state index is -0.372. The monoisotopic (exact) mass is 248 g/mol. The van der Waals surface area contributed by atoms with Crippen molar-refractivity contribution < 1.29 is 14.3 Å². The molecule has 1 aliphatic rings. The summed E-state index contributed by atoms with van der Waals surface area (Å²) >= 11 is 0. The number of anilines is 1. The molecule has 5 nitrogen and oxygen atoms in total. The number of urea groups is 1. The number of ether oxygens (including phenoxy) is 1. The van der Waals surface area contributed by atoms with Crippen LogP contribution in [0.3, 0.4) is 0 Å². The second kappa shape index (κ2) is 5.08. The summed E-state index contributed by atoms with van der Waals surface area (Å²) in [6.45, 7) is 4.32. The van der Waals surface area contributed by atoms with E-state index < -0.39 is 0 Å². The van der Waals surface area contributed by atoms with E-state index >= 15 is 0 Å². The van der Waals surface area contributed by atoms with Gasteiger partial charge in [-0.3, -0.25) is 15.0 Å². The Morgan fingerprint density at radius 3 is 2.44 bits per heavy atom.